The van der Waals surface area contributed by atoms with Crippen molar-refractivity contribution < 1.29 is 14.8 Å². The minimum Gasteiger partial charge on any atom is -0.477 e. The number of nitro groups is 1. The molecule has 18 heavy (non-hydrogen) atoms. The molecule has 2 heterocycles. The van der Waals surface area contributed by atoms with Crippen LogP contribution in [0.5, 0.6) is 0 Å². The van der Waals surface area contributed by atoms with Crippen LogP contribution in [0.4, 0.5) is 5.69 Å². The zero-order chi connectivity index (χ0) is 13.3. The highest BCUT2D eigenvalue weighted by molar-refractivity contribution is 5.86. The number of carboxylic acid groups (broad SMARTS) is 1. The fourth-order valence-corrected chi connectivity index (χ4v) is 1.44. The highest BCUT2D eigenvalue weighted by Gasteiger charge is 2.19. The van der Waals surface area contributed by atoms with Gasteiger partial charge >= 0.3 is 5.97 Å². The molecule has 2 rings (SSSR count). The third kappa shape index (κ3) is 2.16. The van der Waals surface area contributed by atoms with E-state index in [0.29, 0.717) is 0 Å². The first-order valence-electron chi connectivity index (χ1n) is 4.78. The second-order valence-corrected chi connectivity index (χ2v) is 3.47. The van der Waals surface area contributed by atoms with Crippen LogP contribution in [0, 0.1) is 10.1 Å². The molecule has 0 saturated heterocycles. The monoisotopic (exact) mass is 252 g/mol. The van der Waals surface area contributed by atoms with E-state index in [1.165, 1.54) is 9.36 Å². The maximum Gasteiger partial charge on any atom is 0.352 e. The van der Waals surface area contributed by atoms with Gasteiger partial charge in [0.15, 0.2) is 5.82 Å². The van der Waals surface area contributed by atoms with E-state index in [-0.39, 0.29) is 23.8 Å². The first-order chi connectivity index (χ1) is 8.47. The minimum absolute atomic E-state index is 0.00329. The van der Waals surface area contributed by atoms with Gasteiger partial charge in [0.25, 0.3) is 5.69 Å². The molecule has 0 saturated carbocycles. The second kappa shape index (κ2) is 4.24. The van der Waals surface area contributed by atoms with Gasteiger partial charge in [0.2, 0.25) is 0 Å². The van der Waals surface area contributed by atoms with Gasteiger partial charge < -0.3 is 9.67 Å². The number of aromatic nitrogens is 5. The van der Waals surface area contributed by atoms with Gasteiger partial charge in [-0.15, -0.1) is 10.2 Å². The fraction of sp³-hybridized carbons (Fsp3) is 0.250. The van der Waals surface area contributed by atoms with Crippen LogP contribution in [0.1, 0.15) is 16.3 Å². The van der Waals surface area contributed by atoms with E-state index in [9.17, 15) is 14.9 Å². The molecule has 0 radical (unpaired) electrons. The van der Waals surface area contributed by atoms with Gasteiger partial charge in [-0.25, -0.2) is 4.79 Å². The van der Waals surface area contributed by atoms with Crippen LogP contribution < -0.4 is 0 Å². The Balaban J connectivity index is 2.36. The van der Waals surface area contributed by atoms with Crippen molar-refractivity contribution in [3.63, 3.8) is 0 Å². The molecule has 10 heteroatoms. The van der Waals surface area contributed by atoms with Crippen molar-refractivity contribution >= 4 is 11.7 Å². The third-order valence-electron chi connectivity index (χ3n) is 2.17. The first-order valence-corrected chi connectivity index (χ1v) is 4.78. The highest BCUT2D eigenvalue weighted by Crippen LogP contribution is 2.17. The van der Waals surface area contributed by atoms with Crippen molar-refractivity contribution in [1.82, 2.24) is 24.8 Å². The van der Waals surface area contributed by atoms with Crippen molar-refractivity contribution in [2.45, 2.75) is 6.54 Å². The van der Waals surface area contributed by atoms with Gasteiger partial charge in [-0.1, -0.05) is 0 Å². The zero-order valence-corrected chi connectivity index (χ0v) is 9.22. The largest absolute Gasteiger partial charge is 0.477 e. The lowest BCUT2D eigenvalue weighted by atomic mass is 10.4. The molecule has 0 aliphatic rings. The van der Waals surface area contributed by atoms with Crippen molar-refractivity contribution in [2.24, 2.45) is 7.05 Å². The topological polar surface area (TPSA) is 129 Å². The Labute approximate surface area is 99.6 Å². The van der Waals surface area contributed by atoms with Crippen LogP contribution in [0.2, 0.25) is 0 Å². The molecule has 0 aromatic carbocycles. The number of aryl methyl sites for hydroxylation is 1. The Morgan fingerprint density at radius 2 is 2.33 bits per heavy atom. The van der Waals surface area contributed by atoms with E-state index in [2.05, 4.69) is 15.4 Å². The van der Waals surface area contributed by atoms with Crippen LogP contribution in [-0.4, -0.2) is 40.8 Å². The Morgan fingerprint density at radius 3 is 2.83 bits per heavy atom. The smallest absolute Gasteiger partial charge is 0.352 e. The average Bonchev–Trinajstić information content (AvgIpc) is 2.85. The maximum atomic E-state index is 10.9. The first kappa shape index (κ1) is 11.7. The predicted octanol–water partition coefficient (Wildman–Crippen LogP) is -0.334. The Morgan fingerprint density at radius 1 is 1.61 bits per heavy atom. The molecular weight excluding hydrogens is 244 g/mol. The number of carboxylic acids is 1. The third-order valence-corrected chi connectivity index (χ3v) is 2.17. The SMILES string of the molecule is Cn1nnc(Cn2cc([N+](=O)[O-])cc2C(=O)O)n1. The lowest BCUT2D eigenvalue weighted by Gasteiger charge is -2.00. The number of carbonyl (C=O) groups is 1. The summed E-state index contributed by atoms with van der Waals surface area (Å²) >= 11 is 0. The summed E-state index contributed by atoms with van der Waals surface area (Å²) in [7, 11) is 1.56. The van der Waals surface area contributed by atoms with Crippen LogP contribution in [0.25, 0.3) is 0 Å². The second-order valence-electron chi connectivity index (χ2n) is 3.47. The fourth-order valence-electron chi connectivity index (χ4n) is 1.44. The number of hydrogen-bond donors (Lipinski definition) is 1. The summed E-state index contributed by atoms with van der Waals surface area (Å²) in [6.07, 6.45) is 1.12. The normalized spacial score (nSPS) is 10.5. The molecule has 94 valence electrons. The van der Waals surface area contributed by atoms with Crippen molar-refractivity contribution in [1.29, 1.82) is 0 Å². The molecule has 2 aromatic heterocycles. The number of nitrogens with zero attached hydrogens (tertiary/aromatic N) is 6. The van der Waals surface area contributed by atoms with E-state index in [4.69, 9.17) is 5.11 Å². The predicted molar refractivity (Wildman–Crippen MR) is 55.9 cm³/mol. The molecule has 2 aromatic rings. The Bertz CT molecular complexity index is 615. The minimum atomic E-state index is -1.26. The summed E-state index contributed by atoms with van der Waals surface area (Å²) in [5, 5.41) is 30.7. The number of hydrogen-bond acceptors (Lipinski definition) is 6. The van der Waals surface area contributed by atoms with Gasteiger partial charge in [-0.2, -0.15) is 4.80 Å². The van der Waals surface area contributed by atoms with Gasteiger partial charge in [-0.3, -0.25) is 10.1 Å². The van der Waals surface area contributed by atoms with Crippen molar-refractivity contribution in [2.75, 3.05) is 0 Å². The summed E-state index contributed by atoms with van der Waals surface area (Å²) in [5.74, 6) is -0.988. The van der Waals surface area contributed by atoms with E-state index in [1.54, 1.807) is 7.05 Å². The number of tetrazole rings is 1. The zero-order valence-electron chi connectivity index (χ0n) is 9.22. The summed E-state index contributed by atoms with van der Waals surface area (Å²) in [6, 6.07) is 0.985. The molecule has 0 aliphatic carbocycles. The van der Waals surface area contributed by atoms with Crippen molar-refractivity contribution in [3.05, 3.63) is 33.9 Å². The lowest BCUT2D eigenvalue weighted by molar-refractivity contribution is -0.384. The molecule has 1 N–H and O–H groups in total. The summed E-state index contributed by atoms with van der Waals surface area (Å²) in [6.45, 7) is 0.00329. The maximum absolute atomic E-state index is 10.9. The van der Waals surface area contributed by atoms with E-state index in [1.807, 2.05) is 0 Å². The van der Waals surface area contributed by atoms with Gasteiger partial charge in [-0.05, 0) is 5.21 Å². The Kier molecular flexibility index (Phi) is 2.75. The molecule has 10 nitrogen and oxygen atoms in total. The Hall–Kier alpha value is -2.78. The quantitative estimate of drug-likeness (QED) is 0.582. The molecule has 0 aliphatic heterocycles. The molecule has 0 spiro atoms. The summed E-state index contributed by atoms with van der Waals surface area (Å²) < 4.78 is 1.19. The molecule has 0 fully saturated rings. The van der Waals surface area contributed by atoms with Crippen LogP contribution in [0.15, 0.2) is 12.3 Å². The number of aromatic carboxylic acids is 1. The summed E-state index contributed by atoms with van der Waals surface area (Å²) in [4.78, 5) is 22.1. The van der Waals surface area contributed by atoms with Gasteiger partial charge in [0.1, 0.15) is 5.69 Å². The van der Waals surface area contributed by atoms with E-state index >= 15 is 0 Å². The average molecular weight is 252 g/mol. The lowest BCUT2D eigenvalue weighted by Crippen LogP contribution is -2.09. The van der Waals surface area contributed by atoms with Gasteiger partial charge in [0, 0.05) is 6.07 Å². The molecule has 0 unspecified atom stereocenters. The van der Waals surface area contributed by atoms with E-state index in [0.717, 1.165) is 12.3 Å². The molecule has 0 atom stereocenters. The van der Waals surface area contributed by atoms with Crippen molar-refractivity contribution in [3.8, 4) is 0 Å². The van der Waals surface area contributed by atoms with Crippen LogP contribution in [-0.2, 0) is 13.6 Å². The summed E-state index contributed by atoms with van der Waals surface area (Å²) in [5.41, 5.74) is -0.495. The molecule has 0 bridgehead atoms. The van der Waals surface area contributed by atoms with Crippen LogP contribution >= 0.6 is 0 Å². The van der Waals surface area contributed by atoms with Gasteiger partial charge in [0.05, 0.1) is 24.7 Å². The molecular formula is C8H8N6O4. The van der Waals surface area contributed by atoms with E-state index < -0.39 is 10.9 Å². The highest BCUT2D eigenvalue weighted by atomic mass is 16.6. The standard InChI is InChI=1S/C8H8N6O4/c1-12-10-7(9-11-12)4-13-3-5(14(17)18)2-6(13)8(15)16/h2-3H,4H2,1H3,(H,15,16). The molecule has 0 amide bonds. The van der Waals surface area contributed by atoms with Crippen LogP contribution in [0.3, 0.4) is 0 Å². The number of rotatable bonds is 4.